The van der Waals surface area contributed by atoms with Gasteiger partial charge >= 0.3 is 0 Å². The third kappa shape index (κ3) is 2.80. The van der Waals surface area contributed by atoms with Crippen LogP contribution in [-0.4, -0.2) is 32.4 Å². The highest BCUT2D eigenvalue weighted by Crippen LogP contribution is 2.27. The fraction of sp³-hybridized carbons (Fsp3) is 0.538. The summed E-state index contributed by atoms with van der Waals surface area (Å²) in [6.07, 6.45) is 1.66. The van der Waals surface area contributed by atoms with Crippen LogP contribution in [0.5, 0.6) is 0 Å². The lowest BCUT2D eigenvalue weighted by Gasteiger charge is -2.21. The Balaban J connectivity index is 2.42. The topological polar surface area (TPSA) is 49.4 Å². The summed E-state index contributed by atoms with van der Waals surface area (Å²) in [5.41, 5.74) is 0.759. The van der Waals surface area contributed by atoms with Crippen molar-refractivity contribution in [1.29, 1.82) is 0 Å². The lowest BCUT2D eigenvalue weighted by Crippen LogP contribution is -2.34. The number of nitrogens with zero attached hydrogens (tertiary/aromatic N) is 1. The van der Waals surface area contributed by atoms with Crippen LogP contribution in [0.3, 0.4) is 0 Å². The highest BCUT2D eigenvalue weighted by Gasteiger charge is 2.34. The second kappa shape index (κ2) is 5.56. The SMILES string of the molecule is CNCc1ccc(F)c(S(=O)(=O)N2CCCC2C)c1. The summed E-state index contributed by atoms with van der Waals surface area (Å²) >= 11 is 0. The zero-order valence-electron chi connectivity index (χ0n) is 11.2. The molecule has 1 atom stereocenters. The summed E-state index contributed by atoms with van der Waals surface area (Å²) in [6.45, 7) is 2.84. The molecule has 6 heteroatoms. The van der Waals surface area contributed by atoms with Crippen molar-refractivity contribution >= 4 is 10.0 Å². The lowest BCUT2D eigenvalue weighted by molar-refractivity contribution is 0.404. The van der Waals surface area contributed by atoms with E-state index in [9.17, 15) is 12.8 Å². The highest BCUT2D eigenvalue weighted by atomic mass is 32.2. The molecule has 1 unspecified atom stereocenters. The Kier molecular flexibility index (Phi) is 4.23. The molecule has 19 heavy (non-hydrogen) atoms. The molecule has 1 aromatic rings. The second-order valence-corrected chi connectivity index (χ2v) is 6.76. The first kappa shape index (κ1) is 14.4. The van der Waals surface area contributed by atoms with Gasteiger partial charge in [0, 0.05) is 19.1 Å². The minimum atomic E-state index is -3.73. The van der Waals surface area contributed by atoms with E-state index in [1.54, 1.807) is 13.1 Å². The molecule has 1 aliphatic heterocycles. The van der Waals surface area contributed by atoms with Crippen molar-refractivity contribution in [3.05, 3.63) is 29.6 Å². The molecule has 0 aromatic heterocycles. The first-order valence-electron chi connectivity index (χ1n) is 6.41. The van der Waals surface area contributed by atoms with E-state index < -0.39 is 15.8 Å². The van der Waals surface area contributed by atoms with E-state index in [1.807, 2.05) is 6.92 Å². The van der Waals surface area contributed by atoms with E-state index in [4.69, 9.17) is 0 Å². The molecular formula is C13H19FN2O2S. The third-order valence-corrected chi connectivity index (χ3v) is 5.48. The smallest absolute Gasteiger partial charge is 0.246 e. The summed E-state index contributed by atoms with van der Waals surface area (Å²) in [6, 6.07) is 4.18. The van der Waals surface area contributed by atoms with E-state index in [2.05, 4.69) is 5.32 Å². The first-order chi connectivity index (χ1) is 8.96. The van der Waals surface area contributed by atoms with Crippen molar-refractivity contribution in [2.75, 3.05) is 13.6 Å². The van der Waals surface area contributed by atoms with Crippen LogP contribution in [0.4, 0.5) is 4.39 Å². The number of sulfonamides is 1. The number of rotatable bonds is 4. The Labute approximate surface area is 113 Å². The fourth-order valence-electron chi connectivity index (χ4n) is 2.45. The molecule has 0 saturated carbocycles. The van der Waals surface area contributed by atoms with E-state index >= 15 is 0 Å². The van der Waals surface area contributed by atoms with Crippen LogP contribution in [-0.2, 0) is 16.6 Å². The molecule has 0 radical (unpaired) electrons. The standard InChI is InChI=1S/C13H19FN2O2S/c1-10-4-3-7-16(10)19(17,18)13-8-11(9-15-2)5-6-12(13)14/h5-6,8,10,15H,3-4,7,9H2,1-2H3. The summed E-state index contributed by atoms with van der Waals surface area (Å²) in [4.78, 5) is -0.214. The number of hydrogen-bond donors (Lipinski definition) is 1. The summed E-state index contributed by atoms with van der Waals surface area (Å²) < 4.78 is 40.2. The van der Waals surface area contributed by atoms with Gasteiger partial charge in [0.25, 0.3) is 0 Å². The lowest BCUT2D eigenvalue weighted by atomic mass is 10.2. The molecule has 1 N–H and O–H groups in total. The number of nitrogens with one attached hydrogen (secondary N) is 1. The number of halogens is 1. The third-order valence-electron chi connectivity index (χ3n) is 3.46. The molecule has 1 fully saturated rings. The minimum Gasteiger partial charge on any atom is -0.316 e. The molecule has 4 nitrogen and oxygen atoms in total. The van der Waals surface area contributed by atoms with E-state index in [1.165, 1.54) is 16.4 Å². The Morgan fingerprint density at radius 3 is 2.79 bits per heavy atom. The van der Waals surface area contributed by atoms with Gasteiger partial charge in [-0.05, 0) is 44.5 Å². The molecule has 1 heterocycles. The average molecular weight is 286 g/mol. The quantitative estimate of drug-likeness (QED) is 0.917. The molecule has 2 rings (SSSR count). The fourth-order valence-corrected chi connectivity index (χ4v) is 4.27. The van der Waals surface area contributed by atoms with Gasteiger partial charge in [-0.15, -0.1) is 0 Å². The van der Waals surface area contributed by atoms with Crippen LogP contribution in [0, 0.1) is 5.82 Å². The predicted molar refractivity (Wildman–Crippen MR) is 71.8 cm³/mol. The maximum Gasteiger partial charge on any atom is 0.246 e. The number of hydrogen-bond acceptors (Lipinski definition) is 3. The predicted octanol–water partition coefficient (Wildman–Crippen LogP) is 1.72. The van der Waals surface area contributed by atoms with Gasteiger partial charge in [-0.3, -0.25) is 0 Å². The van der Waals surface area contributed by atoms with Crippen molar-refractivity contribution in [1.82, 2.24) is 9.62 Å². The maximum absolute atomic E-state index is 13.9. The molecule has 106 valence electrons. The largest absolute Gasteiger partial charge is 0.316 e. The zero-order valence-corrected chi connectivity index (χ0v) is 12.0. The molecule has 1 aromatic carbocycles. The van der Waals surface area contributed by atoms with Gasteiger partial charge in [0.05, 0.1) is 0 Å². The van der Waals surface area contributed by atoms with Crippen LogP contribution in [0.2, 0.25) is 0 Å². The van der Waals surface area contributed by atoms with Crippen molar-refractivity contribution in [2.45, 2.75) is 37.2 Å². The Bertz CT molecular complexity index is 560. The first-order valence-corrected chi connectivity index (χ1v) is 7.85. The molecule has 0 amide bonds. The van der Waals surface area contributed by atoms with Crippen LogP contribution in [0.1, 0.15) is 25.3 Å². The molecular weight excluding hydrogens is 267 g/mol. The van der Waals surface area contributed by atoms with Crippen LogP contribution in [0.15, 0.2) is 23.1 Å². The van der Waals surface area contributed by atoms with Crippen LogP contribution >= 0.6 is 0 Å². The van der Waals surface area contributed by atoms with E-state index in [0.717, 1.165) is 18.4 Å². The van der Waals surface area contributed by atoms with Gasteiger partial charge in [-0.25, -0.2) is 12.8 Å². The minimum absolute atomic E-state index is 0.0580. The summed E-state index contributed by atoms with van der Waals surface area (Å²) in [5.74, 6) is -0.682. The van der Waals surface area contributed by atoms with Gasteiger partial charge in [0.15, 0.2) is 0 Å². The molecule has 1 aliphatic rings. The van der Waals surface area contributed by atoms with Crippen molar-refractivity contribution in [2.24, 2.45) is 0 Å². The Hall–Kier alpha value is -0.980. The van der Waals surface area contributed by atoms with E-state index in [-0.39, 0.29) is 10.9 Å². The van der Waals surface area contributed by atoms with Gasteiger partial charge in [-0.1, -0.05) is 6.07 Å². The van der Waals surface area contributed by atoms with E-state index in [0.29, 0.717) is 13.1 Å². The molecule has 0 spiro atoms. The Morgan fingerprint density at radius 2 is 2.21 bits per heavy atom. The van der Waals surface area contributed by atoms with Gasteiger partial charge in [0.1, 0.15) is 10.7 Å². The second-order valence-electron chi connectivity index (χ2n) is 4.90. The van der Waals surface area contributed by atoms with Crippen molar-refractivity contribution in [3.63, 3.8) is 0 Å². The molecule has 0 bridgehead atoms. The van der Waals surface area contributed by atoms with Crippen LogP contribution < -0.4 is 5.32 Å². The zero-order chi connectivity index (χ0) is 14.0. The Morgan fingerprint density at radius 1 is 1.47 bits per heavy atom. The van der Waals surface area contributed by atoms with Crippen molar-refractivity contribution < 1.29 is 12.8 Å². The highest BCUT2D eigenvalue weighted by molar-refractivity contribution is 7.89. The summed E-state index contributed by atoms with van der Waals surface area (Å²) in [7, 11) is -1.96. The average Bonchev–Trinajstić information content (AvgIpc) is 2.79. The normalized spacial score (nSPS) is 20.9. The van der Waals surface area contributed by atoms with Gasteiger partial charge in [0.2, 0.25) is 10.0 Å². The maximum atomic E-state index is 13.9. The van der Waals surface area contributed by atoms with Crippen LogP contribution in [0.25, 0.3) is 0 Å². The summed E-state index contributed by atoms with van der Waals surface area (Å²) in [5, 5.41) is 2.93. The monoisotopic (exact) mass is 286 g/mol. The van der Waals surface area contributed by atoms with Gasteiger partial charge in [-0.2, -0.15) is 4.31 Å². The van der Waals surface area contributed by atoms with Gasteiger partial charge < -0.3 is 5.32 Å². The molecule has 1 saturated heterocycles. The molecule has 0 aliphatic carbocycles. The number of benzene rings is 1. The van der Waals surface area contributed by atoms with Crippen molar-refractivity contribution in [3.8, 4) is 0 Å².